The molecule has 5 nitrogen and oxygen atoms in total. The normalized spacial score (nSPS) is 15.7. The summed E-state index contributed by atoms with van der Waals surface area (Å²) in [4.78, 5) is 19.0. The molecule has 1 aromatic heterocycles. The zero-order valence-electron chi connectivity index (χ0n) is 15.3. The van der Waals surface area contributed by atoms with Gasteiger partial charge in [-0.3, -0.25) is 4.79 Å². The highest BCUT2D eigenvalue weighted by molar-refractivity contribution is 7.92. The van der Waals surface area contributed by atoms with Crippen molar-refractivity contribution in [2.75, 3.05) is 18.8 Å². The number of thiazole rings is 1. The fraction of sp³-hybridized carbons (Fsp3) is 0.300. The molecule has 0 atom stereocenters. The lowest BCUT2D eigenvalue weighted by molar-refractivity contribution is -0.129. The van der Waals surface area contributed by atoms with E-state index in [4.69, 9.17) is 28.2 Å². The van der Waals surface area contributed by atoms with Crippen molar-refractivity contribution in [3.05, 3.63) is 57.5 Å². The average Bonchev–Trinajstić information content (AvgIpc) is 3.11. The van der Waals surface area contributed by atoms with Crippen LogP contribution in [0, 0.1) is 0 Å². The number of likely N-dealkylation sites (tertiary alicyclic amines) is 1. The zero-order chi connectivity index (χ0) is 20.6. The smallest absolute Gasteiger partial charge is 0.238 e. The summed E-state index contributed by atoms with van der Waals surface area (Å²) in [6.45, 7) is 1.05. The van der Waals surface area contributed by atoms with Gasteiger partial charge in [0.15, 0.2) is 9.84 Å². The van der Waals surface area contributed by atoms with Gasteiger partial charge in [0.2, 0.25) is 5.91 Å². The molecule has 0 saturated carbocycles. The van der Waals surface area contributed by atoms with E-state index in [1.807, 2.05) is 18.2 Å². The van der Waals surface area contributed by atoms with E-state index in [0.717, 1.165) is 28.1 Å². The SMILES string of the molecule is O=C(CS(=O)(=O)c1ccc(Cl)cc1)N1CCC(c2nc3cc(Cl)ccc3s2)CC1. The summed E-state index contributed by atoms with van der Waals surface area (Å²) in [6.07, 6.45) is 1.53. The quantitative estimate of drug-likeness (QED) is 0.552. The highest BCUT2D eigenvalue weighted by Crippen LogP contribution is 2.34. The Labute approximate surface area is 183 Å². The lowest BCUT2D eigenvalue weighted by Gasteiger charge is -2.31. The van der Waals surface area contributed by atoms with Crippen LogP contribution in [0.1, 0.15) is 23.8 Å². The molecule has 152 valence electrons. The molecule has 0 spiro atoms. The van der Waals surface area contributed by atoms with Crippen molar-refractivity contribution < 1.29 is 13.2 Å². The Morgan fingerprint density at radius 1 is 1.07 bits per heavy atom. The van der Waals surface area contributed by atoms with Crippen LogP contribution in [0.25, 0.3) is 10.2 Å². The van der Waals surface area contributed by atoms with E-state index in [9.17, 15) is 13.2 Å². The third-order valence-corrected chi connectivity index (χ3v) is 8.35. The van der Waals surface area contributed by atoms with Crippen molar-refractivity contribution >= 4 is 60.5 Å². The van der Waals surface area contributed by atoms with Gasteiger partial charge in [0.25, 0.3) is 0 Å². The molecule has 3 aromatic rings. The van der Waals surface area contributed by atoms with Crippen LogP contribution in [0.5, 0.6) is 0 Å². The summed E-state index contributed by atoms with van der Waals surface area (Å²) < 4.78 is 26.1. The number of carbonyl (C=O) groups is 1. The first-order valence-electron chi connectivity index (χ1n) is 9.14. The Balaban J connectivity index is 1.39. The van der Waals surface area contributed by atoms with Crippen LogP contribution in [0.3, 0.4) is 0 Å². The maximum Gasteiger partial charge on any atom is 0.238 e. The van der Waals surface area contributed by atoms with Gasteiger partial charge >= 0.3 is 0 Å². The molecule has 9 heteroatoms. The molecule has 1 fully saturated rings. The molecule has 4 rings (SSSR count). The number of sulfone groups is 1. The van der Waals surface area contributed by atoms with Gasteiger partial charge in [-0.25, -0.2) is 13.4 Å². The van der Waals surface area contributed by atoms with E-state index in [2.05, 4.69) is 0 Å². The van der Waals surface area contributed by atoms with Crippen molar-refractivity contribution in [3.63, 3.8) is 0 Å². The van der Waals surface area contributed by atoms with Gasteiger partial charge in [-0.2, -0.15) is 0 Å². The Hall–Kier alpha value is -1.67. The van der Waals surface area contributed by atoms with Gasteiger partial charge in [-0.15, -0.1) is 11.3 Å². The van der Waals surface area contributed by atoms with Crippen LogP contribution in [0.2, 0.25) is 10.0 Å². The first-order chi connectivity index (χ1) is 13.8. The number of aromatic nitrogens is 1. The monoisotopic (exact) mass is 468 g/mol. The number of rotatable bonds is 4. The van der Waals surface area contributed by atoms with Crippen LogP contribution in [0.4, 0.5) is 0 Å². The van der Waals surface area contributed by atoms with Gasteiger partial charge in [0.05, 0.1) is 20.1 Å². The van der Waals surface area contributed by atoms with Crippen molar-refractivity contribution in [2.24, 2.45) is 0 Å². The highest BCUT2D eigenvalue weighted by atomic mass is 35.5. The minimum Gasteiger partial charge on any atom is -0.342 e. The van der Waals surface area contributed by atoms with Crippen LogP contribution in [-0.2, 0) is 14.6 Å². The number of hydrogen-bond donors (Lipinski definition) is 0. The summed E-state index contributed by atoms with van der Waals surface area (Å²) >= 11 is 13.5. The van der Waals surface area contributed by atoms with Gasteiger partial charge < -0.3 is 4.90 Å². The number of carbonyl (C=O) groups excluding carboxylic acids is 1. The molecule has 0 unspecified atom stereocenters. The Morgan fingerprint density at radius 3 is 2.41 bits per heavy atom. The lowest BCUT2D eigenvalue weighted by atomic mass is 9.97. The second-order valence-corrected chi connectivity index (χ2v) is 11.0. The van der Waals surface area contributed by atoms with Gasteiger partial charge in [-0.05, 0) is 55.3 Å². The maximum atomic E-state index is 12.6. The summed E-state index contributed by atoms with van der Waals surface area (Å²) in [7, 11) is -3.69. The van der Waals surface area contributed by atoms with Gasteiger partial charge in [0, 0.05) is 29.1 Å². The van der Waals surface area contributed by atoms with Gasteiger partial charge in [0.1, 0.15) is 5.75 Å². The second-order valence-electron chi connectivity index (χ2n) is 7.03. The molecule has 0 aliphatic carbocycles. The van der Waals surface area contributed by atoms with E-state index in [0.29, 0.717) is 23.1 Å². The Bertz CT molecular complexity index is 1150. The van der Waals surface area contributed by atoms with Crippen LogP contribution >= 0.6 is 34.5 Å². The number of nitrogens with zero attached hydrogens (tertiary/aromatic N) is 2. The van der Waals surface area contributed by atoms with Crippen molar-refractivity contribution in [1.29, 1.82) is 0 Å². The molecular formula is C20H18Cl2N2O3S2. The largest absolute Gasteiger partial charge is 0.342 e. The number of amides is 1. The zero-order valence-corrected chi connectivity index (χ0v) is 18.5. The molecule has 1 amide bonds. The summed E-state index contributed by atoms with van der Waals surface area (Å²) in [5, 5.41) is 2.16. The molecule has 1 aliphatic rings. The molecule has 0 bridgehead atoms. The molecule has 2 aromatic carbocycles. The first kappa shape index (κ1) is 20.6. The van der Waals surface area contributed by atoms with Crippen LogP contribution in [-0.4, -0.2) is 43.1 Å². The fourth-order valence-corrected chi connectivity index (χ4v) is 6.08. The van der Waals surface area contributed by atoms with Crippen molar-refractivity contribution in [2.45, 2.75) is 23.7 Å². The third-order valence-electron chi connectivity index (χ3n) is 5.05. The second kappa shape index (κ2) is 8.22. The van der Waals surface area contributed by atoms with Crippen LogP contribution < -0.4 is 0 Å². The van der Waals surface area contributed by atoms with Crippen LogP contribution in [0.15, 0.2) is 47.4 Å². The molecular weight excluding hydrogens is 451 g/mol. The standard InChI is InChI=1S/C20H18Cl2N2O3S2/c21-14-1-4-16(5-2-14)29(26,27)12-19(25)24-9-7-13(8-10-24)20-23-17-11-15(22)3-6-18(17)28-20/h1-6,11,13H,7-10,12H2. The molecule has 1 aliphatic heterocycles. The predicted octanol–water partition coefficient (Wildman–Crippen LogP) is 4.78. The summed E-state index contributed by atoms with van der Waals surface area (Å²) in [5.41, 5.74) is 0.894. The maximum absolute atomic E-state index is 12.6. The number of benzene rings is 2. The number of halogens is 2. The fourth-order valence-electron chi connectivity index (χ4n) is 3.45. The highest BCUT2D eigenvalue weighted by Gasteiger charge is 2.29. The summed E-state index contributed by atoms with van der Waals surface area (Å²) in [6, 6.07) is 11.6. The Morgan fingerprint density at radius 2 is 1.72 bits per heavy atom. The molecule has 2 heterocycles. The van der Waals surface area contributed by atoms with E-state index in [-0.39, 0.29) is 16.7 Å². The van der Waals surface area contributed by atoms with E-state index in [1.54, 1.807) is 16.2 Å². The molecule has 29 heavy (non-hydrogen) atoms. The molecule has 0 N–H and O–H groups in total. The Kier molecular flexibility index (Phi) is 5.84. The van der Waals surface area contributed by atoms with E-state index in [1.165, 1.54) is 24.3 Å². The number of fused-ring (bicyclic) bond motifs is 1. The third kappa shape index (κ3) is 4.58. The summed E-state index contributed by atoms with van der Waals surface area (Å²) in [5.74, 6) is -0.628. The number of piperidine rings is 1. The topological polar surface area (TPSA) is 67.3 Å². The first-order valence-corrected chi connectivity index (χ1v) is 12.4. The predicted molar refractivity (Wildman–Crippen MR) is 117 cm³/mol. The van der Waals surface area contributed by atoms with Crippen molar-refractivity contribution in [1.82, 2.24) is 9.88 Å². The molecule has 0 radical (unpaired) electrons. The molecule has 1 saturated heterocycles. The van der Waals surface area contributed by atoms with Crippen molar-refractivity contribution in [3.8, 4) is 0 Å². The van der Waals surface area contributed by atoms with E-state index < -0.39 is 15.6 Å². The van der Waals surface area contributed by atoms with Gasteiger partial charge in [-0.1, -0.05) is 23.2 Å². The average molecular weight is 469 g/mol. The van der Waals surface area contributed by atoms with E-state index >= 15 is 0 Å². The lowest BCUT2D eigenvalue weighted by Crippen LogP contribution is -2.41. The minimum atomic E-state index is -3.69. The minimum absolute atomic E-state index is 0.110. The number of hydrogen-bond acceptors (Lipinski definition) is 5.